The first-order chi connectivity index (χ1) is 9.65. The van der Waals surface area contributed by atoms with Gasteiger partial charge in [0.05, 0.1) is 5.56 Å². The van der Waals surface area contributed by atoms with Crippen molar-refractivity contribution < 1.29 is 4.79 Å². The van der Waals surface area contributed by atoms with E-state index in [1.807, 2.05) is 17.0 Å². The van der Waals surface area contributed by atoms with Gasteiger partial charge in [0.15, 0.2) is 0 Å². The first kappa shape index (κ1) is 13.9. The minimum absolute atomic E-state index is 0.0722. The lowest BCUT2D eigenvalue weighted by Crippen LogP contribution is -2.33. The molecule has 1 aromatic rings. The molecule has 5 heteroatoms. The summed E-state index contributed by atoms with van der Waals surface area (Å²) in [6.45, 7) is 3.90. The molecule has 0 spiro atoms. The third-order valence-electron chi connectivity index (χ3n) is 4.55. The van der Waals surface area contributed by atoms with E-state index in [2.05, 4.69) is 21.2 Å². The second kappa shape index (κ2) is 5.74. The molecular weight excluding hydrogens is 318 g/mol. The number of hydrogen-bond donors (Lipinski definition) is 2. The Kier molecular flexibility index (Phi) is 3.98. The van der Waals surface area contributed by atoms with Gasteiger partial charge in [0, 0.05) is 23.2 Å². The van der Waals surface area contributed by atoms with E-state index in [9.17, 15) is 4.79 Å². The number of benzene rings is 1. The van der Waals surface area contributed by atoms with Gasteiger partial charge < -0.3 is 16.0 Å². The number of hydrogen-bond acceptors (Lipinski definition) is 3. The standard InChI is InChI=1S/C15H20BrN3O/c16-12-1-2-13(14(17)7-12)15(20)19-5-3-10-8-18-9-11(10)4-6-19/h1-2,7,10-11,18H,3-6,8-9,17H2/t10-,11+. The molecule has 2 fully saturated rings. The highest BCUT2D eigenvalue weighted by atomic mass is 79.9. The van der Waals surface area contributed by atoms with Crippen LogP contribution >= 0.6 is 15.9 Å². The molecule has 108 valence electrons. The number of nitrogen functional groups attached to an aromatic ring is 1. The lowest BCUT2D eigenvalue weighted by atomic mass is 9.92. The number of nitrogens with one attached hydrogen (secondary N) is 1. The smallest absolute Gasteiger partial charge is 0.255 e. The van der Waals surface area contributed by atoms with Crippen LogP contribution in [0.2, 0.25) is 0 Å². The zero-order valence-corrected chi connectivity index (χ0v) is 13.0. The number of amides is 1. The molecule has 0 unspecified atom stereocenters. The van der Waals surface area contributed by atoms with E-state index in [-0.39, 0.29) is 5.91 Å². The average molecular weight is 338 g/mol. The summed E-state index contributed by atoms with van der Waals surface area (Å²) >= 11 is 3.37. The van der Waals surface area contributed by atoms with Gasteiger partial charge in [0.1, 0.15) is 0 Å². The van der Waals surface area contributed by atoms with Crippen molar-refractivity contribution in [3.63, 3.8) is 0 Å². The Morgan fingerprint density at radius 1 is 1.25 bits per heavy atom. The second-order valence-electron chi connectivity index (χ2n) is 5.78. The molecule has 3 rings (SSSR count). The number of carbonyl (C=O) groups is 1. The molecule has 20 heavy (non-hydrogen) atoms. The van der Waals surface area contributed by atoms with Crippen LogP contribution in [0.15, 0.2) is 22.7 Å². The highest BCUT2D eigenvalue weighted by Crippen LogP contribution is 2.28. The average Bonchev–Trinajstić information content (AvgIpc) is 2.77. The van der Waals surface area contributed by atoms with Gasteiger partial charge in [-0.1, -0.05) is 15.9 Å². The first-order valence-corrected chi connectivity index (χ1v) is 7.99. The van der Waals surface area contributed by atoms with Crippen LogP contribution in [0.3, 0.4) is 0 Å². The lowest BCUT2D eigenvalue weighted by Gasteiger charge is -2.21. The predicted molar refractivity (Wildman–Crippen MR) is 83.5 cm³/mol. The van der Waals surface area contributed by atoms with E-state index < -0.39 is 0 Å². The Morgan fingerprint density at radius 2 is 1.90 bits per heavy atom. The Bertz CT molecular complexity index is 506. The van der Waals surface area contributed by atoms with E-state index >= 15 is 0 Å². The van der Waals surface area contributed by atoms with Gasteiger partial charge in [-0.25, -0.2) is 0 Å². The molecule has 2 aliphatic rings. The van der Waals surface area contributed by atoms with Crippen LogP contribution in [0.25, 0.3) is 0 Å². The van der Waals surface area contributed by atoms with Crippen molar-refractivity contribution in [3.8, 4) is 0 Å². The van der Waals surface area contributed by atoms with Crippen molar-refractivity contribution in [2.75, 3.05) is 31.9 Å². The van der Waals surface area contributed by atoms with Gasteiger partial charge in [-0.2, -0.15) is 0 Å². The number of anilines is 1. The quantitative estimate of drug-likeness (QED) is 0.771. The number of likely N-dealkylation sites (tertiary alicyclic amines) is 1. The summed E-state index contributed by atoms with van der Waals surface area (Å²) in [5, 5.41) is 3.45. The van der Waals surface area contributed by atoms with Crippen LogP contribution in [0.5, 0.6) is 0 Å². The van der Waals surface area contributed by atoms with Crippen LogP contribution in [-0.2, 0) is 0 Å². The van der Waals surface area contributed by atoms with Crippen molar-refractivity contribution in [2.24, 2.45) is 11.8 Å². The topological polar surface area (TPSA) is 58.4 Å². The van der Waals surface area contributed by atoms with Gasteiger partial charge in [-0.05, 0) is 56.0 Å². The van der Waals surface area contributed by atoms with Gasteiger partial charge in [0.2, 0.25) is 0 Å². The highest BCUT2D eigenvalue weighted by molar-refractivity contribution is 9.10. The predicted octanol–water partition coefficient (Wildman–Crippen LogP) is 2.10. The minimum Gasteiger partial charge on any atom is -0.398 e. The number of rotatable bonds is 1. The summed E-state index contributed by atoms with van der Waals surface area (Å²) in [5.74, 6) is 1.54. The fraction of sp³-hybridized carbons (Fsp3) is 0.533. The fourth-order valence-corrected chi connectivity index (χ4v) is 3.70. The van der Waals surface area contributed by atoms with Crippen LogP contribution in [-0.4, -0.2) is 37.0 Å². The summed E-state index contributed by atoms with van der Waals surface area (Å²) in [5.41, 5.74) is 7.15. The number of carbonyl (C=O) groups excluding carboxylic acids is 1. The molecular formula is C15H20BrN3O. The number of halogens is 1. The zero-order chi connectivity index (χ0) is 14.1. The summed E-state index contributed by atoms with van der Waals surface area (Å²) in [6, 6.07) is 5.48. The molecule has 2 atom stereocenters. The van der Waals surface area contributed by atoms with Gasteiger partial charge in [-0.15, -0.1) is 0 Å². The number of nitrogens with two attached hydrogens (primary N) is 1. The third-order valence-corrected chi connectivity index (χ3v) is 5.04. The molecule has 4 nitrogen and oxygen atoms in total. The second-order valence-corrected chi connectivity index (χ2v) is 6.70. The lowest BCUT2D eigenvalue weighted by molar-refractivity contribution is 0.0759. The molecule has 1 aromatic carbocycles. The summed E-state index contributed by atoms with van der Waals surface area (Å²) < 4.78 is 0.906. The Labute approximate surface area is 127 Å². The van der Waals surface area contributed by atoms with Crippen molar-refractivity contribution in [3.05, 3.63) is 28.2 Å². The van der Waals surface area contributed by atoms with Crippen LogP contribution in [0.4, 0.5) is 5.69 Å². The molecule has 3 N–H and O–H groups in total. The summed E-state index contributed by atoms with van der Waals surface area (Å²) in [6.07, 6.45) is 2.19. The molecule has 0 bridgehead atoms. The molecule has 2 saturated heterocycles. The molecule has 2 aliphatic heterocycles. The highest BCUT2D eigenvalue weighted by Gasteiger charge is 2.31. The maximum absolute atomic E-state index is 12.6. The summed E-state index contributed by atoms with van der Waals surface area (Å²) in [7, 11) is 0. The monoisotopic (exact) mass is 337 g/mol. The molecule has 0 radical (unpaired) electrons. The van der Waals surface area contributed by atoms with E-state index in [1.165, 1.54) is 0 Å². The number of fused-ring (bicyclic) bond motifs is 1. The van der Waals surface area contributed by atoms with E-state index in [4.69, 9.17) is 5.73 Å². The van der Waals surface area contributed by atoms with Gasteiger partial charge in [-0.3, -0.25) is 4.79 Å². The van der Waals surface area contributed by atoms with Crippen LogP contribution in [0, 0.1) is 11.8 Å². The number of nitrogens with zero attached hydrogens (tertiary/aromatic N) is 1. The van der Waals surface area contributed by atoms with E-state index in [1.54, 1.807) is 6.07 Å². The van der Waals surface area contributed by atoms with Crippen molar-refractivity contribution in [2.45, 2.75) is 12.8 Å². The van der Waals surface area contributed by atoms with Gasteiger partial charge >= 0.3 is 0 Å². The van der Waals surface area contributed by atoms with E-state index in [0.29, 0.717) is 11.3 Å². The molecule has 1 amide bonds. The summed E-state index contributed by atoms with van der Waals surface area (Å²) in [4.78, 5) is 14.6. The maximum Gasteiger partial charge on any atom is 0.255 e. The van der Waals surface area contributed by atoms with E-state index in [0.717, 1.165) is 55.3 Å². The van der Waals surface area contributed by atoms with Gasteiger partial charge in [0.25, 0.3) is 5.91 Å². The molecule has 2 heterocycles. The normalized spacial score (nSPS) is 26.1. The largest absolute Gasteiger partial charge is 0.398 e. The third kappa shape index (κ3) is 2.69. The van der Waals surface area contributed by atoms with Crippen LogP contribution < -0.4 is 11.1 Å². The zero-order valence-electron chi connectivity index (χ0n) is 11.4. The molecule has 0 saturated carbocycles. The Hall–Kier alpha value is -1.07. The van der Waals surface area contributed by atoms with Crippen molar-refractivity contribution in [1.82, 2.24) is 10.2 Å². The Balaban J connectivity index is 1.74. The Morgan fingerprint density at radius 3 is 2.50 bits per heavy atom. The maximum atomic E-state index is 12.6. The van der Waals surface area contributed by atoms with Crippen molar-refractivity contribution in [1.29, 1.82) is 0 Å². The fourth-order valence-electron chi connectivity index (χ4n) is 3.32. The minimum atomic E-state index is 0.0722. The first-order valence-electron chi connectivity index (χ1n) is 7.20. The van der Waals surface area contributed by atoms with Crippen LogP contribution in [0.1, 0.15) is 23.2 Å². The molecule has 0 aromatic heterocycles. The SMILES string of the molecule is Nc1cc(Br)ccc1C(=O)N1CC[C@@H]2CNC[C@@H]2CC1. The van der Waals surface area contributed by atoms with Crippen molar-refractivity contribution >= 4 is 27.5 Å². The molecule has 0 aliphatic carbocycles.